The third kappa shape index (κ3) is 3.93. The van der Waals surface area contributed by atoms with Gasteiger partial charge in [0.05, 0.1) is 17.8 Å². The maximum absolute atomic E-state index is 5.49. The average molecular weight is 330 g/mol. The zero-order valence-electron chi connectivity index (χ0n) is 14.3. The molecule has 1 atom stereocenters. The molecule has 4 heteroatoms. The molecule has 0 saturated carbocycles. The molecule has 0 spiro atoms. The fraction of sp³-hybridized carbons (Fsp3) is 0.526. The van der Waals surface area contributed by atoms with E-state index in [1.807, 2.05) is 23.5 Å². The predicted octanol–water partition coefficient (Wildman–Crippen LogP) is 4.65. The maximum atomic E-state index is 5.49. The van der Waals surface area contributed by atoms with Crippen molar-refractivity contribution in [1.82, 2.24) is 9.88 Å². The Balaban J connectivity index is 1.68. The molecule has 1 aliphatic heterocycles. The van der Waals surface area contributed by atoms with Crippen molar-refractivity contribution in [2.75, 3.05) is 20.2 Å². The smallest absolute Gasteiger partial charge is 0.123 e. The largest absolute Gasteiger partial charge is 0.496 e. The van der Waals surface area contributed by atoms with Crippen LogP contribution in [0.2, 0.25) is 0 Å². The zero-order valence-corrected chi connectivity index (χ0v) is 15.1. The third-order valence-electron chi connectivity index (χ3n) is 4.57. The number of piperidine rings is 1. The summed E-state index contributed by atoms with van der Waals surface area (Å²) in [5, 5.41) is 3.55. The van der Waals surface area contributed by atoms with Crippen LogP contribution in [0.15, 0.2) is 29.6 Å². The van der Waals surface area contributed by atoms with Crippen LogP contribution >= 0.6 is 11.3 Å². The van der Waals surface area contributed by atoms with E-state index in [4.69, 9.17) is 9.72 Å². The van der Waals surface area contributed by atoms with E-state index >= 15 is 0 Å². The summed E-state index contributed by atoms with van der Waals surface area (Å²) in [7, 11) is 1.75. The number of ether oxygens (including phenoxy) is 1. The summed E-state index contributed by atoms with van der Waals surface area (Å²) >= 11 is 1.84. The quantitative estimate of drug-likeness (QED) is 0.797. The molecule has 1 aromatic heterocycles. The Morgan fingerprint density at radius 1 is 1.35 bits per heavy atom. The molecule has 1 unspecified atom stereocenters. The number of rotatable bonds is 5. The lowest BCUT2D eigenvalue weighted by atomic mass is 9.98. The van der Waals surface area contributed by atoms with E-state index in [0.29, 0.717) is 11.8 Å². The maximum Gasteiger partial charge on any atom is 0.123 e. The van der Waals surface area contributed by atoms with E-state index in [1.165, 1.54) is 29.1 Å². The second-order valence-corrected chi connectivity index (χ2v) is 7.54. The number of hydrogen-bond donors (Lipinski definition) is 0. The first-order valence-corrected chi connectivity index (χ1v) is 9.35. The summed E-state index contributed by atoms with van der Waals surface area (Å²) in [5.74, 6) is 2.09. The van der Waals surface area contributed by atoms with Gasteiger partial charge in [-0.25, -0.2) is 4.98 Å². The van der Waals surface area contributed by atoms with Crippen LogP contribution in [0.3, 0.4) is 0 Å². The van der Waals surface area contributed by atoms with Crippen LogP contribution in [0.1, 0.15) is 54.8 Å². The lowest BCUT2D eigenvalue weighted by Gasteiger charge is -2.32. The molecule has 124 valence electrons. The number of hydrogen-bond acceptors (Lipinski definition) is 4. The van der Waals surface area contributed by atoms with Crippen molar-refractivity contribution in [3.8, 4) is 5.75 Å². The van der Waals surface area contributed by atoms with Crippen LogP contribution in [-0.2, 0) is 6.54 Å². The van der Waals surface area contributed by atoms with Gasteiger partial charge in [-0.05, 0) is 31.4 Å². The van der Waals surface area contributed by atoms with Crippen LogP contribution < -0.4 is 4.74 Å². The summed E-state index contributed by atoms with van der Waals surface area (Å²) in [6.07, 6.45) is 2.50. The number of benzene rings is 1. The van der Waals surface area contributed by atoms with Gasteiger partial charge in [0, 0.05) is 30.0 Å². The van der Waals surface area contributed by atoms with Crippen molar-refractivity contribution in [2.24, 2.45) is 0 Å². The third-order valence-corrected chi connectivity index (χ3v) is 5.60. The Morgan fingerprint density at radius 2 is 2.17 bits per heavy atom. The van der Waals surface area contributed by atoms with Gasteiger partial charge in [-0.1, -0.05) is 32.0 Å². The number of likely N-dealkylation sites (tertiary alicyclic amines) is 1. The molecule has 1 fully saturated rings. The number of para-hydroxylation sites is 1. The van der Waals surface area contributed by atoms with Gasteiger partial charge in [0.15, 0.2) is 0 Å². The standard InChI is InChI=1S/C19H26N2OS/c1-14(2)17-13-23-19(20-17)16-8-6-10-21(12-16)11-15-7-4-5-9-18(15)22-3/h4-5,7,9,13-14,16H,6,8,10-12H2,1-3H3. The average Bonchev–Trinajstić information content (AvgIpc) is 3.06. The molecule has 0 bridgehead atoms. The number of nitrogens with zero attached hydrogens (tertiary/aromatic N) is 2. The summed E-state index contributed by atoms with van der Waals surface area (Å²) in [6.45, 7) is 7.66. The van der Waals surface area contributed by atoms with E-state index in [0.717, 1.165) is 25.4 Å². The summed E-state index contributed by atoms with van der Waals surface area (Å²) in [4.78, 5) is 7.42. The second-order valence-electron chi connectivity index (χ2n) is 6.65. The van der Waals surface area contributed by atoms with Crippen LogP contribution in [0.25, 0.3) is 0 Å². The van der Waals surface area contributed by atoms with Gasteiger partial charge in [0.2, 0.25) is 0 Å². The first-order valence-electron chi connectivity index (χ1n) is 8.47. The fourth-order valence-electron chi connectivity index (χ4n) is 3.23. The monoisotopic (exact) mass is 330 g/mol. The topological polar surface area (TPSA) is 25.4 Å². The van der Waals surface area contributed by atoms with Crippen LogP contribution in [-0.4, -0.2) is 30.1 Å². The number of methoxy groups -OCH3 is 1. The van der Waals surface area contributed by atoms with Crippen LogP contribution in [0.4, 0.5) is 0 Å². The Bertz CT molecular complexity index is 638. The molecule has 2 heterocycles. The lowest BCUT2D eigenvalue weighted by Crippen LogP contribution is -2.34. The molecular weight excluding hydrogens is 304 g/mol. The number of thiazole rings is 1. The normalized spacial score (nSPS) is 19.2. The minimum Gasteiger partial charge on any atom is -0.496 e. The molecule has 23 heavy (non-hydrogen) atoms. The molecule has 1 saturated heterocycles. The molecule has 3 nitrogen and oxygen atoms in total. The van der Waals surface area contributed by atoms with Gasteiger partial charge < -0.3 is 4.74 Å². The Morgan fingerprint density at radius 3 is 2.91 bits per heavy atom. The highest BCUT2D eigenvalue weighted by Crippen LogP contribution is 2.32. The van der Waals surface area contributed by atoms with Gasteiger partial charge in [0.25, 0.3) is 0 Å². The van der Waals surface area contributed by atoms with Gasteiger partial charge in [-0.2, -0.15) is 0 Å². The first-order chi connectivity index (χ1) is 11.2. The minimum absolute atomic E-state index is 0.522. The minimum atomic E-state index is 0.522. The van der Waals surface area contributed by atoms with Gasteiger partial charge in [-0.15, -0.1) is 11.3 Å². The molecule has 2 aromatic rings. The van der Waals surface area contributed by atoms with E-state index in [-0.39, 0.29) is 0 Å². The van der Waals surface area contributed by atoms with E-state index in [2.05, 4.69) is 36.3 Å². The summed E-state index contributed by atoms with van der Waals surface area (Å²) in [5.41, 5.74) is 2.52. The zero-order chi connectivity index (χ0) is 16.2. The lowest BCUT2D eigenvalue weighted by molar-refractivity contribution is 0.198. The second kappa shape index (κ2) is 7.45. The Labute approximate surface area is 143 Å². The highest BCUT2D eigenvalue weighted by Gasteiger charge is 2.24. The first kappa shape index (κ1) is 16.5. The van der Waals surface area contributed by atoms with Crippen molar-refractivity contribution in [3.63, 3.8) is 0 Å². The summed E-state index contributed by atoms with van der Waals surface area (Å²) in [6, 6.07) is 8.34. The van der Waals surface area contributed by atoms with E-state index in [1.54, 1.807) is 7.11 Å². The highest BCUT2D eigenvalue weighted by atomic mass is 32.1. The highest BCUT2D eigenvalue weighted by molar-refractivity contribution is 7.09. The molecular formula is C19H26N2OS. The number of aromatic nitrogens is 1. The molecule has 0 N–H and O–H groups in total. The van der Waals surface area contributed by atoms with E-state index < -0.39 is 0 Å². The predicted molar refractivity (Wildman–Crippen MR) is 96.4 cm³/mol. The Hall–Kier alpha value is -1.39. The van der Waals surface area contributed by atoms with Gasteiger partial charge in [-0.3, -0.25) is 4.90 Å². The Kier molecular flexibility index (Phi) is 5.34. The van der Waals surface area contributed by atoms with Crippen molar-refractivity contribution in [2.45, 2.75) is 45.1 Å². The van der Waals surface area contributed by atoms with Gasteiger partial charge >= 0.3 is 0 Å². The molecule has 3 rings (SSSR count). The van der Waals surface area contributed by atoms with Crippen molar-refractivity contribution >= 4 is 11.3 Å². The summed E-state index contributed by atoms with van der Waals surface area (Å²) < 4.78 is 5.49. The van der Waals surface area contributed by atoms with E-state index in [9.17, 15) is 0 Å². The SMILES string of the molecule is COc1ccccc1CN1CCCC(c2nc(C(C)C)cs2)C1. The van der Waals surface area contributed by atoms with Crippen LogP contribution in [0.5, 0.6) is 5.75 Å². The molecule has 1 aromatic carbocycles. The van der Waals surface area contributed by atoms with Crippen molar-refractivity contribution in [1.29, 1.82) is 0 Å². The molecule has 1 aliphatic rings. The molecule has 0 amide bonds. The van der Waals surface area contributed by atoms with Crippen molar-refractivity contribution in [3.05, 3.63) is 45.9 Å². The van der Waals surface area contributed by atoms with Gasteiger partial charge in [0.1, 0.15) is 5.75 Å². The van der Waals surface area contributed by atoms with Crippen molar-refractivity contribution < 1.29 is 4.74 Å². The fourth-order valence-corrected chi connectivity index (χ4v) is 4.34. The molecule has 0 aliphatic carbocycles. The molecule has 0 radical (unpaired) electrons. The van der Waals surface area contributed by atoms with Crippen LogP contribution in [0, 0.1) is 0 Å².